The normalized spacial score (nSPS) is 24.9. The average Bonchev–Trinajstić information content (AvgIpc) is 3.41. The minimum absolute atomic E-state index is 0.146. The van der Waals surface area contributed by atoms with Crippen LogP contribution >= 0.6 is 0 Å². The Hall–Kier alpha value is -2.91. The summed E-state index contributed by atoms with van der Waals surface area (Å²) in [5.74, 6) is -1.37. The van der Waals surface area contributed by atoms with E-state index >= 15 is 0 Å². The number of likely N-dealkylation sites (N-methyl/N-ethyl adjacent to an activating group) is 1. The van der Waals surface area contributed by atoms with E-state index in [1.54, 1.807) is 18.9 Å². The number of nitrogens with two attached hydrogens (primary N) is 1. The second-order valence-electron chi connectivity index (χ2n) is 9.13. The van der Waals surface area contributed by atoms with Crippen LogP contribution in [0.4, 0.5) is 0 Å². The number of amides is 4. The summed E-state index contributed by atoms with van der Waals surface area (Å²) in [5, 5.41) is 7.46. The van der Waals surface area contributed by atoms with Crippen molar-refractivity contribution in [1.29, 1.82) is 0 Å². The van der Waals surface area contributed by atoms with E-state index in [9.17, 15) is 19.2 Å². The molecule has 168 valence electrons. The van der Waals surface area contributed by atoms with Crippen molar-refractivity contribution in [1.82, 2.24) is 24.9 Å². The Labute approximate surface area is 181 Å². The number of carbonyl (C=O) groups excluding carboxylic acids is 4. The number of fused-ring (bicyclic) bond motifs is 1. The molecule has 4 rings (SSSR count). The van der Waals surface area contributed by atoms with Crippen LogP contribution in [0.3, 0.4) is 0 Å². The van der Waals surface area contributed by atoms with E-state index in [1.165, 1.54) is 15.6 Å². The van der Waals surface area contributed by atoms with Gasteiger partial charge in [-0.1, -0.05) is 12.8 Å². The summed E-state index contributed by atoms with van der Waals surface area (Å²) >= 11 is 0. The molecule has 1 aromatic rings. The standard InChI is InChI=1S/C21H30N6O4/c1-21(20(31)23-14-5-3-4-6-14)12-27-16(19(30)25(21)2)11-15(24-27)18(29)26-9-7-13(8-10-26)17(22)28/h11,13-14H,3-10,12H2,1-2H3,(H2,22,28)(H,23,31)/t21-/m1/s1. The third-order valence-corrected chi connectivity index (χ3v) is 7.08. The maximum Gasteiger partial charge on any atom is 0.274 e. The Morgan fingerprint density at radius 3 is 2.42 bits per heavy atom. The van der Waals surface area contributed by atoms with Crippen LogP contribution in [0, 0.1) is 5.92 Å². The lowest BCUT2D eigenvalue weighted by Gasteiger charge is -2.41. The number of piperidine rings is 1. The van der Waals surface area contributed by atoms with Crippen molar-refractivity contribution < 1.29 is 19.2 Å². The molecule has 0 spiro atoms. The lowest BCUT2D eigenvalue weighted by Crippen LogP contribution is -2.63. The van der Waals surface area contributed by atoms with Gasteiger partial charge in [0.25, 0.3) is 11.8 Å². The number of rotatable bonds is 4. The Kier molecular flexibility index (Phi) is 5.49. The van der Waals surface area contributed by atoms with Crippen molar-refractivity contribution in [2.45, 2.75) is 63.6 Å². The first-order valence-electron chi connectivity index (χ1n) is 11.0. The predicted octanol–water partition coefficient (Wildman–Crippen LogP) is 0.124. The Morgan fingerprint density at radius 2 is 1.81 bits per heavy atom. The minimum Gasteiger partial charge on any atom is -0.369 e. The summed E-state index contributed by atoms with van der Waals surface area (Å²) in [5.41, 5.74) is 4.75. The molecule has 1 saturated carbocycles. The average molecular weight is 431 g/mol. The van der Waals surface area contributed by atoms with Crippen molar-refractivity contribution in [3.05, 3.63) is 17.5 Å². The van der Waals surface area contributed by atoms with Crippen LogP contribution < -0.4 is 11.1 Å². The van der Waals surface area contributed by atoms with E-state index in [2.05, 4.69) is 10.4 Å². The van der Waals surface area contributed by atoms with E-state index in [0.29, 0.717) is 31.6 Å². The van der Waals surface area contributed by atoms with Crippen molar-refractivity contribution in [3.8, 4) is 0 Å². The molecule has 1 saturated heterocycles. The number of primary amides is 1. The third-order valence-electron chi connectivity index (χ3n) is 7.08. The highest BCUT2D eigenvalue weighted by Crippen LogP contribution is 2.28. The molecular formula is C21H30N6O4. The smallest absolute Gasteiger partial charge is 0.274 e. The Morgan fingerprint density at radius 1 is 1.16 bits per heavy atom. The highest BCUT2D eigenvalue weighted by Gasteiger charge is 2.47. The molecule has 0 bridgehead atoms. The molecule has 3 N–H and O–H groups in total. The molecule has 0 aromatic carbocycles. The van der Waals surface area contributed by atoms with E-state index in [0.717, 1.165) is 25.7 Å². The van der Waals surface area contributed by atoms with Gasteiger partial charge in [0.05, 0.1) is 6.54 Å². The molecule has 2 aliphatic heterocycles. The summed E-state index contributed by atoms with van der Waals surface area (Å²) in [6, 6.07) is 1.64. The first-order chi connectivity index (χ1) is 14.7. The van der Waals surface area contributed by atoms with Gasteiger partial charge in [0.1, 0.15) is 11.2 Å². The van der Waals surface area contributed by atoms with Crippen LogP contribution in [0.1, 0.15) is 66.4 Å². The second kappa shape index (κ2) is 7.97. The largest absolute Gasteiger partial charge is 0.369 e. The summed E-state index contributed by atoms with van der Waals surface area (Å²) in [4.78, 5) is 53.4. The zero-order chi connectivity index (χ0) is 22.3. The van der Waals surface area contributed by atoms with Crippen molar-refractivity contribution >= 4 is 23.6 Å². The van der Waals surface area contributed by atoms with Gasteiger partial charge in [-0.2, -0.15) is 5.10 Å². The number of likely N-dealkylation sites (tertiary alicyclic amines) is 1. The molecule has 1 atom stereocenters. The molecule has 31 heavy (non-hydrogen) atoms. The molecule has 3 heterocycles. The number of hydrogen-bond donors (Lipinski definition) is 2. The molecule has 0 radical (unpaired) electrons. The zero-order valence-electron chi connectivity index (χ0n) is 18.1. The zero-order valence-corrected chi connectivity index (χ0v) is 18.1. The summed E-state index contributed by atoms with van der Waals surface area (Å²) in [6.45, 7) is 2.75. The maximum atomic E-state index is 13.1. The van der Waals surface area contributed by atoms with Gasteiger partial charge in [-0.15, -0.1) is 0 Å². The number of hydrogen-bond acceptors (Lipinski definition) is 5. The van der Waals surface area contributed by atoms with E-state index in [1.807, 2.05) is 0 Å². The lowest BCUT2D eigenvalue weighted by molar-refractivity contribution is -0.133. The van der Waals surface area contributed by atoms with Crippen LogP contribution in [-0.4, -0.2) is 74.9 Å². The minimum atomic E-state index is -1.08. The molecule has 1 aromatic heterocycles. The molecule has 10 nitrogen and oxygen atoms in total. The number of carbonyl (C=O) groups is 4. The third kappa shape index (κ3) is 3.79. The Bertz CT molecular complexity index is 913. The van der Waals surface area contributed by atoms with Gasteiger partial charge in [0, 0.05) is 38.2 Å². The maximum absolute atomic E-state index is 13.1. The van der Waals surface area contributed by atoms with Gasteiger partial charge in [-0.3, -0.25) is 23.9 Å². The summed E-state index contributed by atoms with van der Waals surface area (Å²) in [7, 11) is 1.61. The van der Waals surface area contributed by atoms with Crippen LogP contribution in [0.2, 0.25) is 0 Å². The van der Waals surface area contributed by atoms with E-state index in [-0.39, 0.29) is 47.8 Å². The van der Waals surface area contributed by atoms with Crippen LogP contribution in [0.25, 0.3) is 0 Å². The number of aromatic nitrogens is 2. The van der Waals surface area contributed by atoms with Gasteiger partial charge < -0.3 is 20.9 Å². The van der Waals surface area contributed by atoms with Gasteiger partial charge in [0.15, 0.2) is 5.69 Å². The molecule has 1 aliphatic carbocycles. The van der Waals surface area contributed by atoms with Crippen molar-refractivity contribution in [2.24, 2.45) is 11.7 Å². The Balaban J connectivity index is 1.50. The predicted molar refractivity (Wildman–Crippen MR) is 111 cm³/mol. The van der Waals surface area contributed by atoms with Crippen molar-refractivity contribution in [3.63, 3.8) is 0 Å². The van der Waals surface area contributed by atoms with Gasteiger partial charge in [-0.05, 0) is 32.6 Å². The molecule has 4 amide bonds. The van der Waals surface area contributed by atoms with Crippen LogP contribution in [0.5, 0.6) is 0 Å². The molecule has 3 aliphatic rings. The quantitative estimate of drug-likeness (QED) is 0.701. The second-order valence-corrected chi connectivity index (χ2v) is 9.13. The lowest BCUT2D eigenvalue weighted by atomic mass is 9.95. The van der Waals surface area contributed by atoms with E-state index in [4.69, 9.17) is 5.73 Å². The van der Waals surface area contributed by atoms with Gasteiger partial charge in [-0.25, -0.2) is 0 Å². The van der Waals surface area contributed by atoms with Crippen LogP contribution in [0.15, 0.2) is 6.07 Å². The first kappa shape index (κ1) is 21.3. The molecule has 2 fully saturated rings. The molecule has 10 heteroatoms. The fourth-order valence-electron chi connectivity index (χ4n) is 4.77. The van der Waals surface area contributed by atoms with Gasteiger partial charge in [0.2, 0.25) is 11.8 Å². The molecule has 0 unspecified atom stereocenters. The number of nitrogens with zero attached hydrogens (tertiary/aromatic N) is 4. The highest BCUT2D eigenvalue weighted by atomic mass is 16.2. The van der Waals surface area contributed by atoms with Crippen molar-refractivity contribution in [2.75, 3.05) is 20.1 Å². The van der Waals surface area contributed by atoms with E-state index < -0.39 is 5.54 Å². The van der Waals surface area contributed by atoms with Gasteiger partial charge >= 0.3 is 0 Å². The fourth-order valence-corrected chi connectivity index (χ4v) is 4.77. The summed E-state index contributed by atoms with van der Waals surface area (Å²) < 4.78 is 1.47. The molecular weight excluding hydrogens is 400 g/mol. The topological polar surface area (TPSA) is 131 Å². The highest BCUT2D eigenvalue weighted by molar-refractivity contribution is 6.01. The fraction of sp³-hybridized carbons (Fsp3) is 0.667. The summed E-state index contributed by atoms with van der Waals surface area (Å²) in [6.07, 6.45) is 5.16. The SMILES string of the molecule is CN1C(=O)c2cc(C(=O)N3CCC(C(N)=O)CC3)nn2C[C@]1(C)C(=O)NC1CCCC1. The number of nitrogens with one attached hydrogen (secondary N) is 1. The van der Waals surface area contributed by atoms with Crippen LogP contribution in [-0.2, 0) is 16.1 Å². The first-order valence-corrected chi connectivity index (χ1v) is 11.0. The monoisotopic (exact) mass is 430 g/mol.